The molecule has 0 spiro atoms. The van der Waals surface area contributed by atoms with Crippen molar-refractivity contribution in [2.75, 3.05) is 25.1 Å². The molecule has 1 aromatic carbocycles. The molecular weight excluding hydrogens is 246 g/mol. The lowest BCUT2D eigenvalue weighted by Crippen LogP contribution is -2.25. The third kappa shape index (κ3) is 5.29. The number of rotatable bonds is 7. The Morgan fingerprint density at radius 1 is 1.22 bits per heavy atom. The van der Waals surface area contributed by atoms with Crippen LogP contribution >= 0.6 is 0 Å². The molecule has 0 bridgehead atoms. The molecule has 0 fully saturated rings. The molecular formula is C14H23NO2S. The standard InChI is InChI=1S/C14H23NO2S/c1-11(2)12-4-6-13(7-5-12)14(16)10-15-8-9-18(3)17/h4-7,11,14-16H,8-10H2,1-3H3. The number of aliphatic hydroxyl groups is 1. The van der Waals surface area contributed by atoms with Gasteiger partial charge in [-0.2, -0.15) is 0 Å². The summed E-state index contributed by atoms with van der Waals surface area (Å²) in [5.41, 5.74) is 2.20. The molecule has 0 radical (unpaired) electrons. The van der Waals surface area contributed by atoms with Crippen molar-refractivity contribution in [3.63, 3.8) is 0 Å². The number of nitrogens with one attached hydrogen (secondary N) is 1. The van der Waals surface area contributed by atoms with E-state index in [4.69, 9.17) is 0 Å². The zero-order valence-corrected chi connectivity index (χ0v) is 12.2. The number of hydrogen-bond acceptors (Lipinski definition) is 3. The lowest BCUT2D eigenvalue weighted by molar-refractivity contribution is 0.175. The average molecular weight is 269 g/mol. The second-order valence-corrected chi connectivity index (χ2v) is 6.37. The Hall–Kier alpha value is -0.710. The summed E-state index contributed by atoms with van der Waals surface area (Å²) >= 11 is 0. The van der Waals surface area contributed by atoms with Crippen molar-refractivity contribution in [1.82, 2.24) is 5.32 Å². The van der Waals surface area contributed by atoms with Crippen molar-refractivity contribution in [1.29, 1.82) is 0 Å². The molecule has 2 atom stereocenters. The van der Waals surface area contributed by atoms with Gasteiger partial charge in [0.05, 0.1) is 6.10 Å². The fourth-order valence-corrected chi connectivity index (χ4v) is 2.11. The second kappa shape index (κ2) is 7.67. The van der Waals surface area contributed by atoms with Crippen LogP contribution in [0.15, 0.2) is 24.3 Å². The summed E-state index contributed by atoms with van der Waals surface area (Å²) in [5, 5.41) is 13.1. The molecule has 102 valence electrons. The van der Waals surface area contributed by atoms with Crippen LogP contribution in [-0.4, -0.2) is 34.4 Å². The molecule has 2 N–H and O–H groups in total. The fraction of sp³-hybridized carbons (Fsp3) is 0.571. The van der Waals surface area contributed by atoms with Gasteiger partial charge in [0.25, 0.3) is 0 Å². The molecule has 0 saturated heterocycles. The Kier molecular flexibility index (Phi) is 6.54. The fourth-order valence-electron chi connectivity index (χ4n) is 1.68. The molecule has 18 heavy (non-hydrogen) atoms. The Balaban J connectivity index is 2.41. The molecule has 0 amide bonds. The van der Waals surface area contributed by atoms with E-state index in [0.717, 1.165) is 5.56 Å². The van der Waals surface area contributed by atoms with Crippen LogP contribution in [0.1, 0.15) is 37.0 Å². The van der Waals surface area contributed by atoms with Crippen LogP contribution in [0.3, 0.4) is 0 Å². The highest BCUT2D eigenvalue weighted by atomic mass is 32.2. The summed E-state index contributed by atoms with van der Waals surface area (Å²) in [6, 6.07) is 8.06. The normalized spacial score (nSPS) is 14.7. The van der Waals surface area contributed by atoms with Crippen molar-refractivity contribution in [3.05, 3.63) is 35.4 Å². The van der Waals surface area contributed by atoms with E-state index in [2.05, 4.69) is 31.3 Å². The minimum atomic E-state index is -0.777. The smallest absolute Gasteiger partial charge is 0.0914 e. The van der Waals surface area contributed by atoms with E-state index in [9.17, 15) is 9.32 Å². The number of benzene rings is 1. The molecule has 0 aliphatic carbocycles. The summed E-state index contributed by atoms with van der Waals surface area (Å²) in [6.07, 6.45) is 1.18. The number of hydrogen-bond donors (Lipinski definition) is 2. The van der Waals surface area contributed by atoms with Gasteiger partial charge in [-0.25, -0.2) is 0 Å². The monoisotopic (exact) mass is 269 g/mol. The first-order chi connectivity index (χ1) is 8.50. The molecule has 0 aliphatic heterocycles. The van der Waals surface area contributed by atoms with Gasteiger partial charge in [0, 0.05) is 35.9 Å². The van der Waals surface area contributed by atoms with Crippen molar-refractivity contribution in [2.45, 2.75) is 25.9 Å². The van der Waals surface area contributed by atoms with Crippen LogP contribution in [0.5, 0.6) is 0 Å². The molecule has 1 aromatic rings. The average Bonchev–Trinajstić information content (AvgIpc) is 2.34. The van der Waals surface area contributed by atoms with E-state index >= 15 is 0 Å². The Morgan fingerprint density at radius 2 is 1.78 bits per heavy atom. The Labute approximate surface area is 112 Å². The Bertz CT molecular complexity index is 376. The van der Waals surface area contributed by atoms with E-state index in [1.807, 2.05) is 12.1 Å². The van der Waals surface area contributed by atoms with Crippen LogP contribution < -0.4 is 5.32 Å². The third-order valence-corrected chi connectivity index (χ3v) is 3.67. The minimum Gasteiger partial charge on any atom is -0.387 e. The van der Waals surface area contributed by atoms with Gasteiger partial charge in [-0.15, -0.1) is 0 Å². The second-order valence-electron chi connectivity index (χ2n) is 4.82. The van der Waals surface area contributed by atoms with Crippen LogP contribution in [0, 0.1) is 0 Å². The van der Waals surface area contributed by atoms with Crippen molar-refractivity contribution in [2.24, 2.45) is 0 Å². The third-order valence-electron chi connectivity index (χ3n) is 2.89. The largest absolute Gasteiger partial charge is 0.387 e. The van der Waals surface area contributed by atoms with Crippen molar-refractivity contribution in [3.8, 4) is 0 Å². The highest BCUT2D eigenvalue weighted by molar-refractivity contribution is 7.84. The summed E-state index contributed by atoms with van der Waals surface area (Å²) < 4.78 is 10.9. The highest BCUT2D eigenvalue weighted by Gasteiger charge is 2.07. The van der Waals surface area contributed by atoms with E-state index in [1.54, 1.807) is 6.26 Å². The summed E-state index contributed by atoms with van der Waals surface area (Å²) in [5.74, 6) is 1.13. The highest BCUT2D eigenvalue weighted by Crippen LogP contribution is 2.18. The zero-order valence-electron chi connectivity index (χ0n) is 11.3. The van der Waals surface area contributed by atoms with Gasteiger partial charge >= 0.3 is 0 Å². The molecule has 2 unspecified atom stereocenters. The maximum Gasteiger partial charge on any atom is 0.0914 e. The maximum atomic E-state index is 10.9. The lowest BCUT2D eigenvalue weighted by atomic mass is 10.00. The lowest BCUT2D eigenvalue weighted by Gasteiger charge is -2.13. The van der Waals surface area contributed by atoms with Crippen LogP contribution in [0.25, 0.3) is 0 Å². The predicted octanol–water partition coefficient (Wildman–Crippen LogP) is 1.81. The van der Waals surface area contributed by atoms with Crippen molar-refractivity contribution < 1.29 is 9.32 Å². The van der Waals surface area contributed by atoms with Gasteiger partial charge in [-0.1, -0.05) is 38.1 Å². The first-order valence-electron chi connectivity index (χ1n) is 6.29. The predicted molar refractivity (Wildman–Crippen MR) is 77.3 cm³/mol. The van der Waals surface area contributed by atoms with Gasteiger partial charge < -0.3 is 10.4 Å². The first-order valence-corrected chi connectivity index (χ1v) is 8.02. The SMILES string of the molecule is CC(C)c1ccc(C(O)CNCCS(C)=O)cc1. The minimum absolute atomic E-state index is 0.498. The van der Waals surface area contributed by atoms with Crippen LogP contribution in [0.2, 0.25) is 0 Å². The van der Waals surface area contributed by atoms with Gasteiger partial charge in [0.15, 0.2) is 0 Å². The van der Waals surface area contributed by atoms with E-state index < -0.39 is 16.9 Å². The Morgan fingerprint density at radius 3 is 2.28 bits per heavy atom. The van der Waals surface area contributed by atoms with Gasteiger partial charge in [-0.05, 0) is 17.0 Å². The molecule has 0 saturated carbocycles. The number of aliphatic hydroxyl groups excluding tert-OH is 1. The van der Waals surface area contributed by atoms with Gasteiger partial charge in [-0.3, -0.25) is 4.21 Å². The molecule has 3 nitrogen and oxygen atoms in total. The molecule has 1 rings (SSSR count). The molecule has 4 heteroatoms. The summed E-state index contributed by atoms with van der Waals surface area (Å²) in [7, 11) is -0.777. The zero-order chi connectivity index (χ0) is 13.5. The quantitative estimate of drug-likeness (QED) is 0.742. The van der Waals surface area contributed by atoms with Crippen molar-refractivity contribution >= 4 is 10.8 Å². The topological polar surface area (TPSA) is 49.3 Å². The van der Waals surface area contributed by atoms with Crippen LogP contribution in [0.4, 0.5) is 0 Å². The summed E-state index contributed by atoms with van der Waals surface area (Å²) in [6.45, 7) is 5.47. The van der Waals surface area contributed by atoms with E-state index in [1.165, 1.54) is 5.56 Å². The molecule has 0 aliphatic rings. The van der Waals surface area contributed by atoms with Crippen LogP contribution in [-0.2, 0) is 10.8 Å². The van der Waals surface area contributed by atoms with E-state index in [-0.39, 0.29) is 0 Å². The van der Waals surface area contributed by atoms with E-state index in [0.29, 0.717) is 24.8 Å². The van der Waals surface area contributed by atoms with Gasteiger partial charge in [0.1, 0.15) is 0 Å². The van der Waals surface area contributed by atoms with Gasteiger partial charge in [0.2, 0.25) is 0 Å². The maximum absolute atomic E-state index is 10.9. The first kappa shape index (κ1) is 15.3. The molecule has 0 heterocycles. The molecule has 0 aromatic heterocycles. The summed E-state index contributed by atoms with van der Waals surface area (Å²) in [4.78, 5) is 0.